The first-order valence-corrected chi connectivity index (χ1v) is 8.49. The summed E-state index contributed by atoms with van der Waals surface area (Å²) in [6.45, 7) is 1.69. The summed E-state index contributed by atoms with van der Waals surface area (Å²) in [5.74, 6) is -0.378. The molecule has 0 radical (unpaired) electrons. The van der Waals surface area contributed by atoms with Crippen LogP contribution < -0.4 is 5.32 Å². The summed E-state index contributed by atoms with van der Waals surface area (Å²) in [6.07, 6.45) is 1.23. The van der Waals surface area contributed by atoms with E-state index in [4.69, 9.17) is 9.52 Å². The molecule has 0 bridgehead atoms. The Morgan fingerprint density at radius 2 is 2.00 bits per heavy atom. The van der Waals surface area contributed by atoms with Crippen LogP contribution in [0.4, 0.5) is 5.69 Å². The lowest BCUT2D eigenvalue weighted by Gasteiger charge is -2.13. The molecule has 2 aromatic carbocycles. The predicted molar refractivity (Wildman–Crippen MR) is 99.7 cm³/mol. The van der Waals surface area contributed by atoms with Crippen molar-refractivity contribution in [3.63, 3.8) is 0 Å². The van der Waals surface area contributed by atoms with Gasteiger partial charge in [-0.2, -0.15) is 0 Å². The first-order chi connectivity index (χ1) is 13.1. The number of nitrogens with one attached hydrogen (secondary N) is 1. The Hall–Kier alpha value is -3.45. The number of β-amino-alcohol motifs (C(OH)–C–C–N with tert-alkyl or cyclic N) is 1. The molecule has 0 unspecified atom stereocenters. The number of nitrogens with zero attached hydrogens (tertiary/aromatic N) is 2. The SMILES string of the molecule is Cc1ccccc1-c1nc2cc(NC3=CC(=O)N(CCO)C3=O)ccc2o1. The zero-order chi connectivity index (χ0) is 19.0. The summed E-state index contributed by atoms with van der Waals surface area (Å²) >= 11 is 0. The van der Waals surface area contributed by atoms with Crippen LogP contribution >= 0.6 is 0 Å². The fourth-order valence-electron chi connectivity index (χ4n) is 3.00. The summed E-state index contributed by atoms with van der Waals surface area (Å²) in [4.78, 5) is 29.6. The van der Waals surface area contributed by atoms with E-state index in [0.29, 0.717) is 22.7 Å². The zero-order valence-corrected chi connectivity index (χ0v) is 14.6. The number of amides is 2. The van der Waals surface area contributed by atoms with Crippen molar-refractivity contribution in [3.8, 4) is 11.5 Å². The number of fused-ring (bicyclic) bond motifs is 1. The van der Waals surface area contributed by atoms with Crippen molar-refractivity contribution < 1.29 is 19.1 Å². The molecule has 1 aromatic heterocycles. The van der Waals surface area contributed by atoms with Crippen molar-refractivity contribution in [1.82, 2.24) is 9.88 Å². The van der Waals surface area contributed by atoms with Gasteiger partial charge in [-0.15, -0.1) is 0 Å². The van der Waals surface area contributed by atoms with Crippen molar-refractivity contribution in [1.29, 1.82) is 0 Å². The van der Waals surface area contributed by atoms with Gasteiger partial charge in [-0.1, -0.05) is 18.2 Å². The van der Waals surface area contributed by atoms with Gasteiger partial charge in [-0.3, -0.25) is 14.5 Å². The minimum Gasteiger partial charge on any atom is -0.436 e. The molecule has 136 valence electrons. The molecule has 2 amide bonds. The van der Waals surface area contributed by atoms with Crippen molar-refractivity contribution in [3.05, 3.63) is 59.8 Å². The number of aromatic nitrogens is 1. The van der Waals surface area contributed by atoms with Crippen LogP contribution in [0.2, 0.25) is 0 Å². The minimum atomic E-state index is -0.463. The van der Waals surface area contributed by atoms with Gasteiger partial charge >= 0.3 is 0 Å². The first kappa shape index (κ1) is 17.0. The van der Waals surface area contributed by atoms with Gasteiger partial charge < -0.3 is 14.8 Å². The smallest absolute Gasteiger partial charge is 0.277 e. The molecule has 1 aliphatic rings. The highest BCUT2D eigenvalue weighted by Crippen LogP contribution is 2.28. The maximum atomic E-state index is 12.2. The Morgan fingerprint density at radius 1 is 1.19 bits per heavy atom. The number of aliphatic hydroxyl groups excluding tert-OH is 1. The summed E-state index contributed by atoms with van der Waals surface area (Å²) in [5.41, 5.74) is 4.03. The maximum absolute atomic E-state index is 12.2. The molecule has 0 fully saturated rings. The summed E-state index contributed by atoms with van der Waals surface area (Å²) < 4.78 is 5.84. The van der Waals surface area contributed by atoms with E-state index in [1.807, 2.05) is 31.2 Å². The lowest BCUT2D eigenvalue weighted by atomic mass is 10.1. The number of aliphatic hydroxyl groups is 1. The molecule has 1 aliphatic heterocycles. The monoisotopic (exact) mass is 363 g/mol. The highest BCUT2D eigenvalue weighted by atomic mass is 16.3. The van der Waals surface area contributed by atoms with Crippen LogP contribution in [0.25, 0.3) is 22.6 Å². The Balaban J connectivity index is 1.61. The Morgan fingerprint density at radius 3 is 2.78 bits per heavy atom. The maximum Gasteiger partial charge on any atom is 0.277 e. The molecule has 2 heterocycles. The molecule has 0 aliphatic carbocycles. The Bertz CT molecular complexity index is 1080. The third kappa shape index (κ3) is 3.09. The number of hydrogen-bond acceptors (Lipinski definition) is 6. The van der Waals surface area contributed by atoms with Crippen LogP contribution in [0, 0.1) is 6.92 Å². The molecule has 0 atom stereocenters. The molecule has 27 heavy (non-hydrogen) atoms. The third-order valence-electron chi connectivity index (χ3n) is 4.38. The second-order valence-electron chi connectivity index (χ2n) is 6.22. The van der Waals surface area contributed by atoms with E-state index in [1.54, 1.807) is 18.2 Å². The number of carbonyl (C=O) groups is 2. The topological polar surface area (TPSA) is 95.7 Å². The van der Waals surface area contributed by atoms with E-state index in [-0.39, 0.29) is 18.8 Å². The van der Waals surface area contributed by atoms with Crippen molar-refractivity contribution >= 4 is 28.6 Å². The van der Waals surface area contributed by atoms with E-state index >= 15 is 0 Å². The number of rotatable bonds is 5. The van der Waals surface area contributed by atoms with Gasteiger partial charge in [0.1, 0.15) is 11.2 Å². The molecule has 0 spiro atoms. The minimum absolute atomic E-state index is 0.0263. The van der Waals surface area contributed by atoms with E-state index in [2.05, 4.69) is 10.3 Å². The molecule has 3 aromatic rings. The van der Waals surface area contributed by atoms with Crippen molar-refractivity contribution in [2.75, 3.05) is 18.5 Å². The molecular formula is C20H17N3O4. The van der Waals surface area contributed by atoms with Crippen LogP contribution in [0.3, 0.4) is 0 Å². The predicted octanol–water partition coefficient (Wildman–Crippen LogP) is 2.46. The van der Waals surface area contributed by atoms with Crippen LogP contribution in [-0.2, 0) is 9.59 Å². The number of benzene rings is 2. The van der Waals surface area contributed by atoms with E-state index < -0.39 is 11.8 Å². The van der Waals surface area contributed by atoms with Gasteiger partial charge in [-0.05, 0) is 36.8 Å². The van der Waals surface area contributed by atoms with Crippen LogP contribution in [-0.4, -0.2) is 40.0 Å². The van der Waals surface area contributed by atoms with Crippen LogP contribution in [0.1, 0.15) is 5.56 Å². The fourth-order valence-corrected chi connectivity index (χ4v) is 3.00. The van der Waals surface area contributed by atoms with Crippen molar-refractivity contribution in [2.24, 2.45) is 0 Å². The van der Waals surface area contributed by atoms with Crippen LogP contribution in [0.15, 0.2) is 58.7 Å². The van der Waals surface area contributed by atoms with Gasteiger partial charge in [0.2, 0.25) is 5.89 Å². The van der Waals surface area contributed by atoms with E-state index in [1.165, 1.54) is 6.08 Å². The quantitative estimate of drug-likeness (QED) is 0.676. The molecule has 7 nitrogen and oxygen atoms in total. The van der Waals surface area contributed by atoms with Gasteiger partial charge in [0, 0.05) is 17.3 Å². The average Bonchev–Trinajstić information content (AvgIpc) is 3.18. The Labute approximate surface area is 154 Å². The second-order valence-corrected chi connectivity index (χ2v) is 6.22. The second kappa shape index (κ2) is 6.69. The van der Waals surface area contributed by atoms with Gasteiger partial charge in [0.25, 0.3) is 11.8 Å². The van der Waals surface area contributed by atoms with Crippen LogP contribution in [0.5, 0.6) is 0 Å². The zero-order valence-electron chi connectivity index (χ0n) is 14.6. The molecular weight excluding hydrogens is 346 g/mol. The molecule has 0 saturated carbocycles. The summed E-state index contributed by atoms with van der Waals surface area (Å²) in [6, 6.07) is 13.1. The lowest BCUT2D eigenvalue weighted by molar-refractivity contribution is -0.137. The molecule has 0 saturated heterocycles. The number of anilines is 1. The highest BCUT2D eigenvalue weighted by Gasteiger charge is 2.30. The molecule has 4 rings (SSSR count). The standard InChI is InChI=1S/C20H17N3O4/c1-12-4-2-3-5-14(12)19-22-15-10-13(6-7-17(15)27-19)21-16-11-18(25)23(8-9-24)20(16)26/h2-7,10-11,21,24H,8-9H2,1H3. The third-order valence-corrected chi connectivity index (χ3v) is 4.38. The Kier molecular flexibility index (Phi) is 4.21. The molecule has 7 heteroatoms. The highest BCUT2D eigenvalue weighted by molar-refractivity contribution is 6.17. The van der Waals surface area contributed by atoms with E-state index in [0.717, 1.165) is 16.0 Å². The number of aryl methyl sites for hydroxylation is 1. The van der Waals surface area contributed by atoms with E-state index in [9.17, 15) is 9.59 Å². The average molecular weight is 363 g/mol. The largest absolute Gasteiger partial charge is 0.436 e. The lowest BCUT2D eigenvalue weighted by Crippen LogP contribution is -2.34. The summed E-state index contributed by atoms with van der Waals surface area (Å²) in [7, 11) is 0. The first-order valence-electron chi connectivity index (χ1n) is 8.49. The number of hydrogen-bond donors (Lipinski definition) is 2. The van der Waals surface area contributed by atoms with Crippen molar-refractivity contribution in [2.45, 2.75) is 6.92 Å². The van der Waals surface area contributed by atoms with Gasteiger partial charge in [-0.25, -0.2) is 4.98 Å². The fraction of sp³-hybridized carbons (Fsp3) is 0.150. The number of oxazole rings is 1. The van der Waals surface area contributed by atoms with Gasteiger partial charge in [0.15, 0.2) is 5.58 Å². The normalized spacial score (nSPS) is 14.1. The summed E-state index contributed by atoms with van der Waals surface area (Å²) in [5, 5.41) is 11.9. The van der Waals surface area contributed by atoms with Gasteiger partial charge in [0.05, 0.1) is 13.2 Å². The number of imide groups is 1. The number of carbonyl (C=O) groups excluding carboxylic acids is 2. The molecule has 2 N–H and O–H groups in total.